The summed E-state index contributed by atoms with van der Waals surface area (Å²) in [5.41, 5.74) is 3.34. The van der Waals surface area contributed by atoms with Crippen LogP contribution >= 0.6 is 11.8 Å². The number of nitrogens with zero attached hydrogens (tertiary/aromatic N) is 1. The Bertz CT molecular complexity index is 501. The molecule has 1 aromatic rings. The number of fused-ring (bicyclic) bond motifs is 1. The van der Waals surface area contributed by atoms with Gasteiger partial charge in [-0.15, -0.1) is 11.8 Å². The molecule has 0 aliphatic carbocycles. The van der Waals surface area contributed by atoms with Gasteiger partial charge in [-0.2, -0.15) is 0 Å². The highest BCUT2D eigenvalue weighted by Gasteiger charge is 2.23. The van der Waals surface area contributed by atoms with E-state index >= 15 is 0 Å². The smallest absolute Gasteiger partial charge is 0.313 e. The molecule has 0 fully saturated rings. The Hall–Kier alpha value is -1.49. The minimum absolute atomic E-state index is 0.00139. The van der Waals surface area contributed by atoms with Gasteiger partial charge in [0, 0.05) is 12.2 Å². The van der Waals surface area contributed by atoms with E-state index < -0.39 is 5.97 Å². The van der Waals surface area contributed by atoms with Gasteiger partial charge in [0.25, 0.3) is 0 Å². The Labute approximate surface area is 116 Å². The second kappa shape index (κ2) is 6.10. The number of carboxylic acids is 1. The fourth-order valence-corrected chi connectivity index (χ4v) is 3.01. The van der Waals surface area contributed by atoms with Gasteiger partial charge < -0.3 is 10.0 Å². The van der Waals surface area contributed by atoms with Gasteiger partial charge in [-0.05, 0) is 30.9 Å². The zero-order chi connectivity index (χ0) is 13.8. The largest absolute Gasteiger partial charge is 0.481 e. The van der Waals surface area contributed by atoms with Crippen molar-refractivity contribution in [3.63, 3.8) is 0 Å². The van der Waals surface area contributed by atoms with E-state index in [1.54, 1.807) is 0 Å². The molecule has 102 valence electrons. The number of carbonyl (C=O) groups is 2. The molecule has 0 unspecified atom stereocenters. The van der Waals surface area contributed by atoms with Crippen LogP contribution in [0.1, 0.15) is 17.5 Å². The third-order valence-corrected chi connectivity index (χ3v) is 4.07. The van der Waals surface area contributed by atoms with Crippen LogP contribution in [0.3, 0.4) is 0 Å². The fourth-order valence-electron chi connectivity index (χ4n) is 2.40. The number of aliphatic carboxylic acids is 1. The Balaban J connectivity index is 2.10. The summed E-state index contributed by atoms with van der Waals surface area (Å²) in [6.45, 7) is 2.74. The van der Waals surface area contributed by atoms with Gasteiger partial charge in [0.05, 0.1) is 11.5 Å². The summed E-state index contributed by atoms with van der Waals surface area (Å²) >= 11 is 1.15. The van der Waals surface area contributed by atoms with E-state index in [4.69, 9.17) is 5.11 Å². The van der Waals surface area contributed by atoms with Crippen LogP contribution in [0, 0.1) is 6.92 Å². The molecule has 0 saturated heterocycles. The summed E-state index contributed by atoms with van der Waals surface area (Å²) in [6, 6.07) is 6.09. The molecule has 1 aliphatic heterocycles. The molecule has 1 heterocycles. The molecule has 1 aromatic carbocycles. The van der Waals surface area contributed by atoms with Crippen molar-refractivity contribution in [2.45, 2.75) is 19.8 Å². The van der Waals surface area contributed by atoms with E-state index in [0.717, 1.165) is 42.4 Å². The number of aryl methyl sites for hydroxylation is 2. The van der Waals surface area contributed by atoms with Crippen LogP contribution in [0.15, 0.2) is 18.2 Å². The maximum atomic E-state index is 12.2. The van der Waals surface area contributed by atoms with Gasteiger partial charge in [-0.25, -0.2) is 0 Å². The first-order valence-corrected chi connectivity index (χ1v) is 7.43. The minimum atomic E-state index is -0.881. The van der Waals surface area contributed by atoms with Crippen molar-refractivity contribution < 1.29 is 14.7 Å². The van der Waals surface area contributed by atoms with Crippen molar-refractivity contribution in [2.75, 3.05) is 23.0 Å². The molecule has 1 N–H and O–H groups in total. The van der Waals surface area contributed by atoms with E-state index in [2.05, 4.69) is 6.07 Å². The Kier molecular flexibility index (Phi) is 4.47. The molecule has 2 rings (SSSR count). The van der Waals surface area contributed by atoms with E-state index in [1.165, 1.54) is 5.56 Å². The van der Waals surface area contributed by atoms with Gasteiger partial charge in [-0.1, -0.05) is 18.2 Å². The Morgan fingerprint density at radius 1 is 1.37 bits per heavy atom. The first-order valence-electron chi connectivity index (χ1n) is 6.28. The first-order chi connectivity index (χ1) is 9.09. The van der Waals surface area contributed by atoms with Crippen molar-refractivity contribution >= 4 is 29.3 Å². The number of anilines is 1. The Morgan fingerprint density at radius 2 is 2.16 bits per heavy atom. The standard InChI is InChI=1S/C14H17NO3S/c1-10-4-2-5-11-6-3-7-15(14(10)11)12(16)8-19-9-13(17)18/h2,4-5H,3,6-9H2,1H3,(H,17,18). The molecule has 5 heteroatoms. The van der Waals surface area contributed by atoms with Gasteiger partial charge in [-0.3, -0.25) is 9.59 Å². The van der Waals surface area contributed by atoms with Crippen LogP contribution in [0.25, 0.3) is 0 Å². The quantitative estimate of drug-likeness (QED) is 0.917. The van der Waals surface area contributed by atoms with Crippen LogP contribution in [-0.2, 0) is 16.0 Å². The highest BCUT2D eigenvalue weighted by molar-refractivity contribution is 8.00. The number of para-hydroxylation sites is 1. The minimum Gasteiger partial charge on any atom is -0.481 e. The molecule has 0 radical (unpaired) electrons. The van der Waals surface area contributed by atoms with Gasteiger partial charge in [0.15, 0.2) is 0 Å². The predicted molar refractivity (Wildman–Crippen MR) is 76.8 cm³/mol. The third-order valence-electron chi connectivity index (χ3n) is 3.17. The van der Waals surface area contributed by atoms with E-state index in [-0.39, 0.29) is 17.4 Å². The number of rotatable bonds is 4. The molecular formula is C14H17NO3S. The number of hydrogen-bond acceptors (Lipinski definition) is 3. The van der Waals surface area contributed by atoms with Gasteiger partial charge in [0.2, 0.25) is 5.91 Å². The summed E-state index contributed by atoms with van der Waals surface area (Å²) < 4.78 is 0. The monoisotopic (exact) mass is 279 g/mol. The number of carboxylic acid groups (broad SMARTS) is 1. The fraction of sp³-hybridized carbons (Fsp3) is 0.429. The average Bonchev–Trinajstić information content (AvgIpc) is 2.38. The van der Waals surface area contributed by atoms with Crippen molar-refractivity contribution in [2.24, 2.45) is 0 Å². The third kappa shape index (κ3) is 3.29. The molecule has 0 saturated carbocycles. The van der Waals surface area contributed by atoms with Crippen molar-refractivity contribution in [1.29, 1.82) is 0 Å². The maximum Gasteiger partial charge on any atom is 0.313 e. The molecular weight excluding hydrogens is 262 g/mol. The highest BCUT2D eigenvalue weighted by atomic mass is 32.2. The number of benzene rings is 1. The highest BCUT2D eigenvalue weighted by Crippen LogP contribution is 2.30. The average molecular weight is 279 g/mol. The number of thioether (sulfide) groups is 1. The second-order valence-electron chi connectivity index (χ2n) is 4.62. The molecule has 1 amide bonds. The molecule has 0 aromatic heterocycles. The lowest BCUT2D eigenvalue weighted by Gasteiger charge is -2.31. The first kappa shape index (κ1) is 13.9. The van der Waals surface area contributed by atoms with Crippen LogP contribution in [0.2, 0.25) is 0 Å². The summed E-state index contributed by atoms with van der Waals surface area (Å²) in [5, 5.41) is 8.59. The second-order valence-corrected chi connectivity index (χ2v) is 5.60. The molecule has 19 heavy (non-hydrogen) atoms. The zero-order valence-electron chi connectivity index (χ0n) is 10.9. The molecule has 0 bridgehead atoms. The predicted octanol–water partition coefficient (Wildman–Crippen LogP) is 2.09. The van der Waals surface area contributed by atoms with Crippen LogP contribution in [-0.4, -0.2) is 35.0 Å². The molecule has 0 spiro atoms. The van der Waals surface area contributed by atoms with Crippen LogP contribution in [0.4, 0.5) is 5.69 Å². The molecule has 0 atom stereocenters. The lowest BCUT2D eigenvalue weighted by Crippen LogP contribution is -2.37. The normalized spacial score (nSPS) is 14.1. The molecule has 4 nitrogen and oxygen atoms in total. The van der Waals surface area contributed by atoms with E-state index in [0.29, 0.717) is 0 Å². The van der Waals surface area contributed by atoms with E-state index in [1.807, 2.05) is 24.0 Å². The number of amides is 1. The Morgan fingerprint density at radius 3 is 2.89 bits per heavy atom. The summed E-state index contributed by atoms with van der Waals surface area (Å²) in [4.78, 5) is 24.5. The summed E-state index contributed by atoms with van der Waals surface area (Å²) in [7, 11) is 0. The summed E-state index contributed by atoms with van der Waals surface area (Å²) in [5.74, 6) is -0.685. The van der Waals surface area contributed by atoms with Gasteiger partial charge in [0.1, 0.15) is 0 Å². The molecule has 1 aliphatic rings. The summed E-state index contributed by atoms with van der Waals surface area (Å²) in [6.07, 6.45) is 1.97. The maximum absolute atomic E-state index is 12.2. The van der Waals surface area contributed by atoms with E-state index in [9.17, 15) is 9.59 Å². The van der Waals surface area contributed by atoms with Crippen molar-refractivity contribution in [3.8, 4) is 0 Å². The topological polar surface area (TPSA) is 57.6 Å². The number of hydrogen-bond donors (Lipinski definition) is 1. The van der Waals surface area contributed by atoms with Crippen molar-refractivity contribution in [3.05, 3.63) is 29.3 Å². The number of carbonyl (C=O) groups excluding carboxylic acids is 1. The SMILES string of the molecule is Cc1cccc2c1N(C(=O)CSCC(=O)O)CCC2. The lowest BCUT2D eigenvalue weighted by atomic mass is 9.98. The van der Waals surface area contributed by atoms with Crippen molar-refractivity contribution in [1.82, 2.24) is 0 Å². The van der Waals surface area contributed by atoms with Gasteiger partial charge >= 0.3 is 5.97 Å². The zero-order valence-corrected chi connectivity index (χ0v) is 11.7. The lowest BCUT2D eigenvalue weighted by molar-refractivity contribution is -0.133. The van der Waals surface area contributed by atoms with Crippen LogP contribution in [0.5, 0.6) is 0 Å². The van der Waals surface area contributed by atoms with Crippen LogP contribution < -0.4 is 4.90 Å².